The summed E-state index contributed by atoms with van der Waals surface area (Å²) < 4.78 is 9.00. The molecular weight excluding hydrogens is 540 g/mol. The fraction of sp³-hybridized carbons (Fsp3) is 0.265. The predicted molar refractivity (Wildman–Crippen MR) is 173 cm³/mol. The van der Waals surface area contributed by atoms with Crippen molar-refractivity contribution in [1.29, 1.82) is 5.41 Å². The summed E-state index contributed by atoms with van der Waals surface area (Å²) in [5.41, 5.74) is 3.08. The molecule has 9 nitrogen and oxygen atoms in total. The van der Waals surface area contributed by atoms with Gasteiger partial charge < -0.3 is 20.4 Å². The Kier molecular flexibility index (Phi) is 8.63. The van der Waals surface area contributed by atoms with Crippen LogP contribution in [0, 0.1) is 12.3 Å². The molecule has 1 fully saturated rings. The van der Waals surface area contributed by atoms with E-state index in [0.717, 1.165) is 12.1 Å². The van der Waals surface area contributed by atoms with E-state index in [9.17, 15) is 9.59 Å². The zero-order chi connectivity index (χ0) is 30.7. The van der Waals surface area contributed by atoms with E-state index in [0.29, 0.717) is 46.1 Å². The molecule has 3 aromatic carbocycles. The number of rotatable bonds is 11. The van der Waals surface area contributed by atoms with Crippen molar-refractivity contribution in [2.45, 2.75) is 32.7 Å². The quantitative estimate of drug-likeness (QED) is 0.174. The first-order valence-electron chi connectivity index (χ1n) is 14.4. The maximum Gasteiger partial charge on any atom is 0.339 e. The summed E-state index contributed by atoms with van der Waals surface area (Å²) in [6.45, 7) is 4.31. The van der Waals surface area contributed by atoms with E-state index in [-0.39, 0.29) is 17.3 Å². The maximum atomic E-state index is 14.1. The molecule has 222 valence electrons. The monoisotopic (exact) mass is 578 g/mol. The number of hydrogen-bond acceptors (Lipinski definition) is 6. The standard InChI is InChI=1S/C34H38N6O3/c1-23-20-27(38(5)31(41)12-9-19-37(4)25-13-14-25)22-28(21-23)40-33(36-3)32(24(2)35)39(34(40)42)26-15-17-30(18-16-26)43-29-10-7-6-8-11-29/h6-12,15-18,20-22,25,35-36H,13-14,19H2,1-5H3/b12-9+,35-24?. The minimum Gasteiger partial charge on any atom is -0.457 e. The molecule has 9 heteroatoms. The number of aromatic nitrogens is 2. The Bertz CT molecular complexity index is 1720. The first-order chi connectivity index (χ1) is 20.7. The first-order valence-corrected chi connectivity index (χ1v) is 14.4. The minimum absolute atomic E-state index is 0.145. The molecule has 2 N–H and O–H groups in total. The summed E-state index contributed by atoms with van der Waals surface area (Å²) >= 11 is 0. The van der Waals surface area contributed by atoms with E-state index >= 15 is 0 Å². The Morgan fingerprint density at radius 1 is 1.00 bits per heavy atom. The number of carbonyl (C=O) groups excluding carboxylic acids is 1. The molecule has 43 heavy (non-hydrogen) atoms. The van der Waals surface area contributed by atoms with Gasteiger partial charge in [-0.3, -0.25) is 14.3 Å². The molecule has 4 aromatic rings. The summed E-state index contributed by atoms with van der Waals surface area (Å²) in [4.78, 5) is 31.0. The van der Waals surface area contributed by atoms with E-state index in [1.165, 1.54) is 17.4 Å². The van der Waals surface area contributed by atoms with Crippen LogP contribution in [0.3, 0.4) is 0 Å². The zero-order valence-electron chi connectivity index (χ0n) is 25.3. The second kappa shape index (κ2) is 12.5. The molecule has 1 aliphatic carbocycles. The molecule has 0 saturated heterocycles. The number of likely N-dealkylation sites (N-methyl/N-ethyl adjacent to an activating group) is 2. The fourth-order valence-electron chi connectivity index (χ4n) is 5.13. The number of imidazole rings is 1. The number of nitrogens with one attached hydrogen (secondary N) is 2. The van der Waals surface area contributed by atoms with Crippen LogP contribution in [-0.2, 0) is 4.79 Å². The van der Waals surface area contributed by atoms with E-state index in [1.54, 1.807) is 60.8 Å². The van der Waals surface area contributed by atoms with Crippen molar-refractivity contribution in [3.8, 4) is 22.9 Å². The van der Waals surface area contributed by atoms with Crippen LogP contribution in [0.15, 0.2) is 89.7 Å². The number of aryl methyl sites for hydroxylation is 1. The van der Waals surface area contributed by atoms with Crippen molar-refractivity contribution in [3.63, 3.8) is 0 Å². The van der Waals surface area contributed by atoms with Gasteiger partial charge >= 0.3 is 5.69 Å². The molecule has 0 atom stereocenters. The molecule has 0 aliphatic heterocycles. The van der Waals surface area contributed by atoms with Gasteiger partial charge in [-0.15, -0.1) is 0 Å². The average Bonchev–Trinajstić information content (AvgIpc) is 3.80. The van der Waals surface area contributed by atoms with Gasteiger partial charge in [-0.05, 0) is 93.9 Å². The van der Waals surface area contributed by atoms with Crippen molar-refractivity contribution in [2.75, 3.05) is 37.9 Å². The lowest BCUT2D eigenvalue weighted by Gasteiger charge is -2.18. The van der Waals surface area contributed by atoms with Crippen LogP contribution in [0.1, 0.15) is 31.0 Å². The molecule has 1 heterocycles. The highest BCUT2D eigenvalue weighted by molar-refractivity contribution is 6.01. The van der Waals surface area contributed by atoms with E-state index in [1.807, 2.05) is 61.5 Å². The van der Waals surface area contributed by atoms with Gasteiger partial charge in [0.05, 0.1) is 17.1 Å². The van der Waals surface area contributed by atoms with Crippen molar-refractivity contribution < 1.29 is 9.53 Å². The smallest absolute Gasteiger partial charge is 0.339 e. The lowest BCUT2D eigenvalue weighted by atomic mass is 10.1. The van der Waals surface area contributed by atoms with Gasteiger partial charge in [-0.25, -0.2) is 9.36 Å². The average molecular weight is 579 g/mol. The largest absolute Gasteiger partial charge is 0.457 e. The molecule has 0 bridgehead atoms. The molecule has 5 rings (SSSR count). The second-order valence-electron chi connectivity index (χ2n) is 10.9. The molecule has 1 aliphatic rings. The number of nitrogens with zero attached hydrogens (tertiary/aromatic N) is 4. The second-order valence-corrected chi connectivity index (χ2v) is 10.9. The molecule has 1 saturated carbocycles. The van der Waals surface area contributed by atoms with E-state index in [2.05, 4.69) is 17.3 Å². The molecule has 1 aromatic heterocycles. The van der Waals surface area contributed by atoms with Gasteiger partial charge in [0.25, 0.3) is 0 Å². The number of hydrogen-bond donors (Lipinski definition) is 2. The van der Waals surface area contributed by atoms with Crippen LogP contribution in [0.25, 0.3) is 11.4 Å². The van der Waals surface area contributed by atoms with Crippen molar-refractivity contribution in [3.05, 3.63) is 107 Å². The Balaban J connectivity index is 1.49. The van der Waals surface area contributed by atoms with Crippen LogP contribution in [0.2, 0.25) is 0 Å². The topological polar surface area (TPSA) is 95.6 Å². The Labute approximate surface area is 252 Å². The van der Waals surface area contributed by atoms with E-state index in [4.69, 9.17) is 10.1 Å². The summed E-state index contributed by atoms with van der Waals surface area (Å²) in [6, 6.07) is 22.9. The normalized spacial score (nSPS) is 13.0. The Morgan fingerprint density at radius 3 is 2.30 bits per heavy atom. The third-order valence-electron chi connectivity index (χ3n) is 7.57. The molecule has 0 spiro atoms. The molecule has 1 amide bonds. The molecule has 0 unspecified atom stereocenters. The molecule has 0 radical (unpaired) electrons. The fourth-order valence-corrected chi connectivity index (χ4v) is 5.13. The third-order valence-corrected chi connectivity index (χ3v) is 7.57. The summed E-state index contributed by atoms with van der Waals surface area (Å²) in [6.07, 6.45) is 5.93. The zero-order valence-corrected chi connectivity index (χ0v) is 25.3. The van der Waals surface area contributed by atoms with Gasteiger partial charge in [0, 0.05) is 38.4 Å². The lowest BCUT2D eigenvalue weighted by molar-refractivity contribution is -0.113. The number of para-hydroxylation sites is 1. The Hall–Kier alpha value is -4.89. The third kappa shape index (κ3) is 6.47. The van der Waals surface area contributed by atoms with Gasteiger partial charge in [0.2, 0.25) is 5.91 Å². The SMILES string of the molecule is CNc1c(C(C)=N)n(-c2ccc(Oc3ccccc3)cc2)c(=O)n1-c1cc(C)cc(N(C)C(=O)/C=C/CN(C)C2CC2)c1. The van der Waals surface area contributed by atoms with Gasteiger partial charge in [-0.2, -0.15) is 0 Å². The van der Waals surface area contributed by atoms with Gasteiger partial charge in [-0.1, -0.05) is 24.3 Å². The predicted octanol–water partition coefficient (Wildman–Crippen LogP) is 5.77. The van der Waals surface area contributed by atoms with Crippen LogP contribution in [0.4, 0.5) is 11.5 Å². The van der Waals surface area contributed by atoms with Crippen LogP contribution < -0.4 is 20.6 Å². The molecular formula is C34H38N6O3. The number of benzene rings is 3. The van der Waals surface area contributed by atoms with Gasteiger partial charge in [0.15, 0.2) is 0 Å². The number of anilines is 2. The highest BCUT2D eigenvalue weighted by atomic mass is 16.5. The first kappa shape index (κ1) is 29.6. The maximum absolute atomic E-state index is 14.1. The Morgan fingerprint density at radius 2 is 1.67 bits per heavy atom. The summed E-state index contributed by atoms with van der Waals surface area (Å²) in [5, 5.41) is 11.7. The highest BCUT2D eigenvalue weighted by Crippen LogP contribution is 2.29. The number of ether oxygens (including phenoxy) is 1. The van der Waals surface area contributed by atoms with Crippen LogP contribution >= 0.6 is 0 Å². The highest BCUT2D eigenvalue weighted by Gasteiger charge is 2.25. The van der Waals surface area contributed by atoms with Crippen molar-refractivity contribution in [2.24, 2.45) is 0 Å². The van der Waals surface area contributed by atoms with Gasteiger partial charge in [0.1, 0.15) is 23.0 Å². The number of carbonyl (C=O) groups is 1. The van der Waals surface area contributed by atoms with Crippen LogP contribution in [-0.4, -0.2) is 59.4 Å². The summed E-state index contributed by atoms with van der Waals surface area (Å²) in [7, 11) is 5.53. The summed E-state index contributed by atoms with van der Waals surface area (Å²) in [5.74, 6) is 1.68. The van der Waals surface area contributed by atoms with Crippen molar-refractivity contribution >= 4 is 23.1 Å². The lowest BCUT2D eigenvalue weighted by Crippen LogP contribution is -2.26. The number of amides is 1. The van der Waals surface area contributed by atoms with Crippen molar-refractivity contribution in [1.82, 2.24) is 14.0 Å². The van der Waals surface area contributed by atoms with E-state index < -0.39 is 0 Å². The van der Waals surface area contributed by atoms with Crippen LogP contribution in [0.5, 0.6) is 11.5 Å². The minimum atomic E-state index is -0.337.